The summed E-state index contributed by atoms with van der Waals surface area (Å²) in [6, 6.07) is 7.87. The highest BCUT2D eigenvalue weighted by Crippen LogP contribution is 2.24. The molecule has 0 saturated carbocycles. The maximum atomic E-state index is 5.91. The minimum absolute atomic E-state index is 0.131. The van der Waals surface area contributed by atoms with Gasteiger partial charge >= 0.3 is 0 Å². The zero-order valence-electron chi connectivity index (χ0n) is 12.2. The van der Waals surface area contributed by atoms with Crippen LogP contribution in [0, 0.1) is 0 Å². The molecule has 0 aliphatic heterocycles. The summed E-state index contributed by atoms with van der Waals surface area (Å²) in [4.78, 5) is 0. The normalized spacial score (nSPS) is 12.4. The fourth-order valence-corrected chi connectivity index (χ4v) is 2.06. The van der Waals surface area contributed by atoms with Gasteiger partial charge in [-0.05, 0) is 32.9 Å². The number of rotatable bonds is 6. The molecule has 2 rings (SSSR count). The van der Waals surface area contributed by atoms with Gasteiger partial charge in [0.2, 0.25) is 0 Å². The van der Waals surface area contributed by atoms with Crippen LogP contribution in [0.1, 0.15) is 20.8 Å². The highest BCUT2D eigenvalue weighted by molar-refractivity contribution is 5.59. The van der Waals surface area contributed by atoms with E-state index in [1.165, 1.54) is 0 Å². The maximum Gasteiger partial charge on any atom is 0.123 e. The van der Waals surface area contributed by atoms with Crippen molar-refractivity contribution in [1.82, 2.24) is 9.78 Å². The van der Waals surface area contributed by atoms with Gasteiger partial charge in [-0.2, -0.15) is 5.10 Å². The van der Waals surface area contributed by atoms with E-state index in [1.54, 1.807) is 6.20 Å². The van der Waals surface area contributed by atoms with Crippen molar-refractivity contribution >= 4 is 11.4 Å². The molecule has 2 aromatic rings. The summed E-state index contributed by atoms with van der Waals surface area (Å²) in [7, 11) is 0. The molecular formula is C15H22N4O. The first kappa shape index (κ1) is 14.2. The van der Waals surface area contributed by atoms with Crippen molar-refractivity contribution in [3.8, 4) is 5.75 Å². The van der Waals surface area contributed by atoms with Crippen molar-refractivity contribution in [1.29, 1.82) is 0 Å². The van der Waals surface area contributed by atoms with Crippen molar-refractivity contribution in [2.24, 2.45) is 0 Å². The molecule has 20 heavy (non-hydrogen) atoms. The monoisotopic (exact) mass is 274 g/mol. The molecule has 0 saturated heterocycles. The molecule has 108 valence electrons. The Balaban J connectivity index is 2.02. The molecule has 1 aromatic carbocycles. The number of benzene rings is 1. The van der Waals surface area contributed by atoms with E-state index in [-0.39, 0.29) is 12.1 Å². The highest BCUT2D eigenvalue weighted by atomic mass is 16.5. The molecule has 0 spiro atoms. The van der Waals surface area contributed by atoms with Gasteiger partial charge in [-0.25, -0.2) is 0 Å². The van der Waals surface area contributed by atoms with Gasteiger partial charge in [-0.15, -0.1) is 0 Å². The van der Waals surface area contributed by atoms with Crippen LogP contribution in [0.2, 0.25) is 0 Å². The van der Waals surface area contributed by atoms with E-state index < -0.39 is 0 Å². The Kier molecular flexibility index (Phi) is 4.50. The van der Waals surface area contributed by atoms with Crippen LogP contribution in [0.25, 0.3) is 0 Å². The second-order valence-electron chi connectivity index (χ2n) is 5.23. The van der Waals surface area contributed by atoms with E-state index in [9.17, 15) is 0 Å². The fourth-order valence-electron chi connectivity index (χ4n) is 2.06. The van der Waals surface area contributed by atoms with Crippen molar-refractivity contribution in [3.05, 3.63) is 36.7 Å². The minimum atomic E-state index is 0.131. The van der Waals surface area contributed by atoms with Crippen LogP contribution in [0.4, 0.5) is 11.4 Å². The fraction of sp³-hybridized carbons (Fsp3) is 0.400. The van der Waals surface area contributed by atoms with Gasteiger partial charge in [-0.3, -0.25) is 4.68 Å². The largest absolute Gasteiger partial charge is 0.491 e. The average molecular weight is 274 g/mol. The van der Waals surface area contributed by atoms with E-state index in [1.807, 2.05) is 49.0 Å². The molecule has 0 radical (unpaired) electrons. The molecule has 0 bridgehead atoms. The van der Waals surface area contributed by atoms with E-state index in [2.05, 4.69) is 17.3 Å². The maximum absolute atomic E-state index is 5.91. The molecule has 0 aliphatic carbocycles. The molecule has 1 aromatic heterocycles. The van der Waals surface area contributed by atoms with Crippen LogP contribution in [-0.4, -0.2) is 21.9 Å². The topological polar surface area (TPSA) is 65.1 Å². The lowest BCUT2D eigenvalue weighted by atomic mass is 10.2. The minimum Gasteiger partial charge on any atom is -0.491 e. The first-order valence-corrected chi connectivity index (χ1v) is 6.84. The van der Waals surface area contributed by atoms with E-state index in [4.69, 9.17) is 10.5 Å². The Morgan fingerprint density at radius 3 is 2.75 bits per heavy atom. The molecule has 1 atom stereocenters. The summed E-state index contributed by atoms with van der Waals surface area (Å²) in [5.41, 5.74) is 7.56. The van der Waals surface area contributed by atoms with Gasteiger partial charge in [-0.1, -0.05) is 0 Å². The predicted octanol–water partition coefficient (Wildman–Crippen LogP) is 2.75. The van der Waals surface area contributed by atoms with Crippen LogP contribution in [0.15, 0.2) is 36.7 Å². The standard InChI is InChI=1S/C15H22N4O/c1-11(2)20-15-8-13(16)7-14(9-15)18-12(3)10-19-6-4-5-17-19/h4-9,11-12,18H,10,16H2,1-3H3. The summed E-state index contributed by atoms with van der Waals surface area (Å²) in [6.45, 7) is 6.89. The quantitative estimate of drug-likeness (QED) is 0.795. The third-order valence-electron chi connectivity index (χ3n) is 2.73. The molecule has 1 unspecified atom stereocenters. The second-order valence-corrected chi connectivity index (χ2v) is 5.23. The van der Waals surface area contributed by atoms with Gasteiger partial charge < -0.3 is 15.8 Å². The van der Waals surface area contributed by atoms with Crippen LogP contribution in [-0.2, 0) is 6.54 Å². The second kappa shape index (κ2) is 6.32. The smallest absolute Gasteiger partial charge is 0.123 e. The van der Waals surface area contributed by atoms with Crippen molar-refractivity contribution in [2.45, 2.75) is 39.5 Å². The number of nitrogens with one attached hydrogen (secondary N) is 1. The van der Waals surface area contributed by atoms with Gasteiger partial charge in [0.05, 0.1) is 12.6 Å². The third-order valence-corrected chi connectivity index (χ3v) is 2.73. The number of hydrogen-bond donors (Lipinski definition) is 2. The summed E-state index contributed by atoms with van der Waals surface area (Å²) in [5.74, 6) is 0.786. The van der Waals surface area contributed by atoms with Crippen molar-refractivity contribution in [2.75, 3.05) is 11.1 Å². The Bertz CT molecular complexity index is 537. The predicted molar refractivity (Wildman–Crippen MR) is 81.9 cm³/mol. The molecule has 0 aliphatic rings. The molecule has 3 N–H and O–H groups in total. The van der Waals surface area contributed by atoms with E-state index in [0.29, 0.717) is 5.69 Å². The summed E-state index contributed by atoms with van der Waals surface area (Å²) in [6.07, 6.45) is 3.86. The van der Waals surface area contributed by atoms with Gasteiger partial charge in [0.25, 0.3) is 0 Å². The molecule has 1 heterocycles. The number of nitrogen functional groups attached to an aromatic ring is 1. The molecular weight excluding hydrogens is 252 g/mol. The average Bonchev–Trinajstić information content (AvgIpc) is 2.79. The van der Waals surface area contributed by atoms with Gasteiger partial charge in [0.15, 0.2) is 0 Å². The first-order valence-electron chi connectivity index (χ1n) is 6.84. The van der Waals surface area contributed by atoms with E-state index in [0.717, 1.165) is 18.0 Å². The molecule has 0 fully saturated rings. The van der Waals surface area contributed by atoms with Crippen LogP contribution in [0.5, 0.6) is 5.75 Å². The highest BCUT2D eigenvalue weighted by Gasteiger charge is 2.06. The number of hydrogen-bond acceptors (Lipinski definition) is 4. The number of ether oxygens (including phenoxy) is 1. The first-order chi connectivity index (χ1) is 9.52. The number of nitrogens with zero attached hydrogens (tertiary/aromatic N) is 2. The van der Waals surface area contributed by atoms with Crippen LogP contribution >= 0.6 is 0 Å². The number of aromatic nitrogens is 2. The van der Waals surface area contributed by atoms with Gasteiger partial charge in [0, 0.05) is 41.9 Å². The molecule has 5 heteroatoms. The summed E-state index contributed by atoms with van der Waals surface area (Å²) >= 11 is 0. The van der Waals surface area contributed by atoms with Gasteiger partial charge in [0.1, 0.15) is 5.75 Å². The van der Waals surface area contributed by atoms with Crippen molar-refractivity contribution < 1.29 is 4.74 Å². The van der Waals surface area contributed by atoms with Crippen LogP contribution in [0.3, 0.4) is 0 Å². The summed E-state index contributed by atoms with van der Waals surface area (Å²) < 4.78 is 7.58. The van der Waals surface area contributed by atoms with E-state index >= 15 is 0 Å². The third kappa shape index (κ3) is 4.19. The Hall–Kier alpha value is -2.17. The Morgan fingerprint density at radius 1 is 1.30 bits per heavy atom. The lowest BCUT2D eigenvalue weighted by Crippen LogP contribution is -2.22. The zero-order chi connectivity index (χ0) is 14.5. The molecule has 0 amide bonds. The van der Waals surface area contributed by atoms with Crippen molar-refractivity contribution in [3.63, 3.8) is 0 Å². The summed E-state index contributed by atoms with van der Waals surface area (Å²) in [5, 5.41) is 7.61. The Labute approximate surface area is 119 Å². The molecule has 5 nitrogen and oxygen atoms in total. The van der Waals surface area contributed by atoms with Crippen LogP contribution < -0.4 is 15.8 Å². The number of anilines is 2. The lowest BCUT2D eigenvalue weighted by molar-refractivity contribution is 0.242. The SMILES string of the molecule is CC(Cn1cccn1)Nc1cc(N)cc(OC(C)C)c1. The zero-order valence-corrected chi connectivity index (χ0v) is 12.2. The Morgan fingerprint density at radius 2 is 2.10 bits per heavy atom. The number of nitrogens with two attached hydrogens (primary N) is 1. The lowest BCUT2D eigenvalue weighted by Gasteiger charge is -2.17.